The molecule has 0 N–H and O–H groups in total. The molecule has 1 fully saturated rings. The van der Waals surface area contributed by atoms with Crippen LogP contribution in [0.3, 0.4) is 0 Å². The third-order valence-corrected chi connectivity index (χ3v) is 4.76. The summed E-state index contributed by atoms with van der Waals surface area (Å²) in [5.74, 6) is 0. The normalized spacial score (nSPS) is 16.2. The molecule has 1 aromatic heterocycles. The summed E-state index contributed by atoms with van der Waals surface area (Å²) in [4.78, 5) is 25.8. The highest BCUT2D eigenvalue weighted by Gasteiger charge is 2.21. The zero-order valence-corrected chi connectivity index (χ0v) is 13.3. The minimum Gasteiger partial charge on any atom is -0.293 e. The number of rotatable bonds is 4. The molecular weight excluding hydrogens is 276 g/mol. The van der Waals surface area contributed by atoms with E-state index in [1.54, 1.807) is 4.57 Å². The van der Waals surface area contributed by atoms with Crippen molar-refractivity contribution >= 4 is 10.9 Å². The maximum atomic E-state index is 12.9. The van der Waals surface area contributed by atoms with Gasteiger partial charge in [-0.1, -0.05) is 44.7 Å². The lowest BCUT2D eigenvalue weighted by Gasteiger charge is -2.24. The van der Waals surface area contributed by atoms with Gasteiger partial charge in [0.05, 0.1) is 10.9 Å². The van der Waals surface area contributed by atoms with Gasteiger partial charge in [-0.2, -0.15) is 0 Å². The summed E-state index contributed by atoms with van der Waals surface area (Å²) in [6.07, 6.45) is 7.30. The Labute approximate surface area is 130 Å². The number of fused-ring (bicyclic) bond motifs is 1. The van der Waals surface area contributed by atoms with Gasteiger partial charge in [0.2, 0.25) is 0 Å². The first-order valence-electron chi connectivity index (χ1n) is 8.48. The quantitative estimate of drug-likeness (QED) is 0.868. The lowest BCUT2D eigenvalue weighted by atomic mass is 9.95. The summed E-state index contributed by atoms with van der Waals surface area (Å²) in [5, 5.41) is 0.670. The Bertz CT molecular complexity index is 767. The summed E-state index contributed by atoms with van der Waals surface area (Å²) in [7, 11) is 0. The lowest BCUT2D eigenvalue weighted by molar-refractivity contribution is 0.331. The molecule has 0 bridgehead atoms. The van der Waals surface area contributed by atoms with Crippen LogP contribution in [0.15, 0.2) is 33.9 Å². The van der Waals surface area contributed by atoms with Gasteiger partial charge in [-0.05, 0) is 31.4 Å². The summed E-state index contributed by atoms with van der Waals surface area (Å²) in [6, 6.07) is 7.59. The molecule has 4 nitrogen and oxygen atoms in total. The minimum atomic E-state index is -0.121. The zero-order chi connectivity index (χ0) is 15.5. The van der Waals surface area contributed by atoms with E-state index < -0.39 is 0 Å². The zero-order valence-electron chi connectivity index (χ0n) is 13.3. The van der Waals surface area contributed by atoms with Crippen molar-refractivity contribution in [3.63, 3.8) is 0 Å². The molecule has 0 spiro atoms. The van der Waals surface area contributed by atoms with Crippen LogP contribution in [0.2, 0.25) is 0 Å². The molecule has 0 amide bonds. The predicted octanol–water partition coefficient (Wildman–Crippen LogP) is 3.47. The molecule has 3 rings (SSSR count). The van der Waals surface area contributed by atoms with Crippen LogP contribution < -0.4 is 11.2 Å². The number of hydrogen-bond acceptors (Lipinski definition) is 2. The van der Waals surface area contributed by atoms with Crippen molar-refractivity contribution in [1.82, 2.24) is 9.13 Å². The molecule has 0 aliphatic heterocycles. The number of aryl methyl sites for hydroxylation is 1. The molecule has 0 radical (unpaired) electrons. The van der Waals surface area contributed by atoms with Crippen molar-refractivity contribution in [2.45, 2.75) is 64.5 Å². The van der Waals surface area contributed by atoms with E-state index in [0.717, 1.165) is 44.0 Å². The van der Waals surface area contributed by atoms with Crippen LogP contribution in [0.5, 0.6) is 0 Å². The van der Waals surface area contributed by atoms with Crippen LogP contribution in [0.25, 0.3) is 10.9 Å². The smallest absolute Gasteiger partial charge is 0.293 e. The Balaban J connectivity index is 2.23. The van der Waals surface area contributed by atoms with Gasteiger partial charge in [0, 0.05) is 12.6 Å². The second-order valence-corrected chi connectivity index (χ2v) is 6.27. The highest BCUT2D eigenvalue weighted by atomic mass is 16.2. The van der Waals surface area contributed by atoms with E-state index >= 15 is 0 Å². The minimum absolute atomic E-state index is 0.0752. The van der Waals surface area contributed by atoms with E-state index in [2.05, 4.69) is 6.92 Å². The highest BCUT2D eigenvalue weighted by molar-refractivity contribution is 5.77. The van der Waals surface area contributed by atoms with Crippen molar-refractivity contribution in [2.24, 2.45) is 0 Å². The van der Waals surface area contributed by atoms with Crippen molar-refractivity contribution in [2.75, 3.05) is 0 Å². The summed E-state index contributed by atoms with van der Waals surface area (Å²) < 4.78 is 3.34. The van der Waals surface area contributed by atoms with Crippen molar-refractivity contribution < 1.29 is 0 Å². The molecule has 1 heterocycles. The molecule has 1 aromatic carbocycles. The third kappa shape index (κ3) is 2.62. The predicted molar refractivity (Wildman–Crippen MR) is 89.5 cm³/mol. The van der Waals surface area contributed by atoms with E-state index in [1.807, 2.05) is 24.3 Å². The van der Waals surface area contributed by atoms with Crippen LogP contribution in [-0.4, -0.2) is 9.13 Å². The van der Waals surface area contributed by atoms with Crippen LogP contribution in [0.1, 0.15) is 57.9 Å². The fraction of sp³-hybridized carbons (Fsp3) is 0.556. The average Bonchev–Trinajstić information content (AvgIpc) is 2.56. The first-order chi connectivity index (χ1) is 10.7. The standard InChI is InChI=1S/C18H24N2O2/c1-2-3-13-19-16-12-8-7-11-15(16)17(21)20(18(19)22)14-9-5-4-6-10-14/h7-8,11-12,14H,2-6,9-10,13H2,1H3. The van der Waals surface area contributed by atoms with Gasteiger partial charge in [0.1, 0.15) is 0 Å². The second kappa shape index (κ2) is 6.51. The largest absolute Gasteiger partial charge is 0.331 e. The molecule has 1 aliphatic carbocycles. The van der Waals surface area contributed by atoms with Crippen molar-refractivity contribution in [1.29, 1.82) is 0 Å². The van der Waals surface area contributed by atoms with E-state index in [4.69, 9.17) is 0 Å². The number of unbranched alkanes of at least 4 members (excludes halogenated alkanes) is 1. The molecular formula is C18H24N2O2. The molecule has 2 aromatic rings. The van der Waals surface area contributed by atoms with Gasteiger partial charge >= 0.3 is 5.69 Å². The monoisotopic (exact) mass is 300 g/mol. The Morgan fingerprint density at radius 3 is 2.55 bits per heavy atom. The molecule has 1 aliphatic rings. The van der Waals surface area contributed by atoms with Crippen molar-refractivity contribution in [3.8, 4) is 0 Å². The first-order valence-corrected chi connectivity index (χ1v) is 8.48. The fourth-order valence-electron chi connectivity index (χ4n) is 3.53. The number of aromatic nitrogens is 2. The fourth-order valence-corrected chi connectivity index (χ4v) is 3.53. The Hall–Kier alpha value is -1.84. The Morgan fingerprint density at radius 1 is 1.09 bits per heavy atom. The molecule has 22 heavy (non-hydrogen) atoms. The SMILES string of the molecule is CCCCn1c(=O)n(C2CCCCC2)c(=O)c2ccccc21. The van der Waals surface area contributed by atoms with Crippen LogP contribution in [-0.2, 0) is 6.54 Å². The summed E-state index contributed by atoms with van der Waals surface area (Å²) in [6.45, 7) is 2.80. The van der Waals surface area contributed by atoms with E-state index in [0.29, 0.717) is 11.9 Å². The van der Waals surface area contributed by atoms with Gasteiger partial charge in [-0.25, -0.2) is 4.79 Å². The molecule has 0 unspecified atom stereocenters. The van der Waals surface area contributed by atoms with Crippen LogP contribution in [0.4, 0.5) is 0 Å². The maximum absolute atomic E-state index is 12.9. The molecule has 1 saturated carbocycles. The van der Waals surface area contributed by atoms with E-state index in [9.17, 15) is 9.59 Å². The number of benzene rings is 1. The maximum Gasteiger partial charge on any atom is 0.331 e. The van der Waals surface area contributed by atoms with Crippen LogP contribution in [0, 0.1) is 0 Å². The van der Waals surface area contributed by atoms with Crippen LogP contribution >= 0.6 is 0 Å². The van der Waals surface area contributed by atoms with Gasteiger partial charge in [-0.15, -0.1) is 0 Å². The van der Waals surface area contributed by atoms with Gasteiger partial charge < -0.3 is 0 Å². The highest BCUT2D eigenvalue weighted by Crippen LogP contribution is 2.26. The number of hydrogen-bond donors (Lipinski definition) is 0. The Kier molecular flexibility index (Phi) is 4.46. The van der Waals surface area contributed by atoms with Gasteiger partial charge in [0.25, 0.3) is 5.56 Å². The Morgan fingerprint density at radius 2 is 1.82 bits per heavy atom. The molecule has 0 atom stereocenters. The molecule has 0 saturated heterocycles. The average molecular weight is 300 g/mol. The molecule has 4 heteroatoms. The molecule has 118 valence electrons. The third-order valence-electron chi connectivity index (χ3n) is 4.76. The van der Waals surface area contributed by atoms with Gasteiger partial charge in [-0.3, -0.25) is 13.9 Å². The van der Waals surface area contributed by atoms with Gasteiger partial charge in [0.15, 0.2) is 0 Å². The van der Waals surface area contributed by atoms with E-state index in [-0.39, 0.29) is 17.3 Å². The lowest BCUT2D eigenvalue weighted by Crippen LogP contribution is -2.42. The first kappa shape index (κ1) is 15.1. The second-order valence-electron chi connectivity index (χ2n) is 6.27. The topological polar surface area (TPSA) is 44.0 Å². The summed E-state index contributed by atoms with van der Waals surface area (Å²) in [5.41, 5.74) is 0.544. The number of para-hydroxylation sites is 1. The summed E-state index contributed by atoms with van der Waals surface area (Å²) >= 11 is 0. The number of nitrogens with zero attached hydrogens (tertiary/aromatic N) is 2. The van der Waals surface area contributed by atoms with E-state index in [1.165, 1.54) is 11.0 Å². The van der Waals surface area contributed by atoms with Crippen molar-refractivity contribution in [3.05, 3.63) is 45.1 Å².